The van der Waals surface area contributed by atoms with Crippen molar-refractivity contribution in [2.45, 2.75) is 12.8 Å². The van der Waals surface area contributed by atoms with Crippen LogP contribution in [0.4, 0.5) is 11.4 Å². The second-order valence-corrected chi connectivity index (χ2v) is 6.97. The van der Waals surface area contributed by atoms with Crippen LogP contribution in [0.1, 0.15) is 18.4 Å². The first-order valence-corrected chi connectivity index (χ1v) is 10.0. The number of hydrogen-bond donors (Lipinski definition) is 1. The number of halogens is 2. The zero-order chi connectivity index (χ0) is 20.9. The average Bonchev–Trinajstić information content (AvgIpc) is 3.26. The van der Waals surface area contributed by atoms with Crippen LogP contribution in [-0.4, -0.2) is 31.4 Å². The molecule has 0 spiro atoms. The lowest BCUT2D eigenvalue weighted by atomic mass is 10.1. The van der Waals surface area contributed by atoms with Gasteiger partial charge in [0.1, 0.15) is 6.07 Å². The van der Waals surface area contributed by atoms with Crippen molar-refractivity contribution in [3.8, 4) is 29.1 Å². The Balaban J connectivity index is 0.00000272. The Morgan fingerprint density at radius 2 is 2.10 bits per heavy atom. The van der Waals surface area contributed by atoms with Crippen molar-refractivity contribution in [3.63, 3.8) is 0 Å². The molecule has 162 valence electrons. The number of methoxy groups -OCH3 is 1. The Morgan fingerprint density at radius 3 is 2.87 bits per heavy atom. The maximum absolute atomic E-state index is 9.64. The number of para-hydroxylation sites is 1. The Bertz CT molecular complexity index is 1120. The molecule has 1 aliphatic rings. The van der Waals surface area contributed by atoms with E-state index in [1.807, 2.05) is 30.3 Å². The summed E-state index contributed by atoms with van der Waals surface area (Å²) in [6, 6.07) is 11.4. The van der Waals surface area contributed by atoms with E-state index in [0.717, 1.165) is 18.2 Å². The van der Waals surface area contributed by atoms with Crippen LogP contribution < -0.4 is 24.3 Å². The van der Waals surface area contributed by atoms with Crippen LogP contribution in [0.25, 0.3) is 10.9 Å². The second-order valence-electron chi connectivity index (χ2n) is 6.59. The highest BCUT2D eigenvalue weighted by molar-refractivity contribution is 6.17. The third-order valence-corrected chi connectivity index (χ3v) is 4.98. The van der Waals surface area contributed by atoms with Crippen LogP contribution in [0.2, 0.25) is 0 Å². The van der Waals surface area contributed by atoms with Crippen molar-refractivity contribution in [2.75, 3.05) is 31.7 Å². The van der Waals surface area contributed by atoms with E-state index in [0.29, 0.717) is 57.9 Å². The summed E-state index contributed by atoms with van der Waals surface area (Å²) in [5.74, 6) is 3.02. The first-order chi connectivity index (χ1) is 14.7. The molecule has 0 saturated carbocycles. The fraction of sp³-hybridized carbons (Fsp3) is 0.273. The molecule has 2 heterocycles. The van der Waals surface area contributed by atoms with Crippen molar-refractivity contribution in [3.05, 3.63) is 42.1 Å². The number of alkyl halides is 1. The van der Waals surface area contributed by atoms with Gasteiger partial charge in [-0.25, -0.2) is 0 Å². The number of rotatable bonds is 8. The summed E-state index contributed by atoms with van der Waals surface area (Å²) in [5, 5.41) is 13.7. The van der Waals surface area contributed by atoms with Crippen LogP contribution in [0.15, 0.2) is 36.5 Å². The monoisotopic (exact) mass is 461 g/mol. The second kappa shape index (κ2) is 10.3. The van der Waals surface area contributed by atoms with E-state index >= 15 is 0 Å². The molecule has 0 bridgehead atoms. The lowest BCUT2D eigenvalue weighted by Crippen LogP contribution is -2.02. The molecule has 0 amide bonds. The molecular weight excluding hydrogens is 441 g/mol. The molecule has 7 nitrogen and oxygen atoms in total. The highest BCUT2D eigenvalue weighted by Gasteiger charge is 2.20. The lowest BCUT2D eigenvalue weighted by Gasteiger charge is -2.16. The van der Waals surface area contributed by atoms with Gasteiger partial charge < -0.3 is 24.3 Å². The van der Waals surface area contributed by atoms with Gasteiger partial charge in [0.25, 0.3) is 0 Å². The molecular formula is C22H21Cl2N3O4. The third kappa shape index (κ3) is 4.66. The van der Waals surface area contributed by atoms with Crippen LogP contribution in [-0.2, 0) is 0 Å². The predicted molar refractivity (Wildman–Crippen MR) is 122 cm³/mol. The quantitative estimate of drug-likeness (QED) is 0.354. The van der Waals surface area contributed by atoms with Gasteiger partial charge in [-0.05, 0) is 31.0 Å². The van der Waals surface area contributed by atoms with Gasteiger partial charge in [-0.3, -0.25) is 4.98 Å². The highest BCUT2D eigenvalue weighted by Crippen LogP contribution is 2.43. The molecule has 1 aliphatic heterocycles. The summed E-state index contributed by atoms with van der Waals surface area (Å²) in [6.45, 7) is 0.692. The van der Waals surface area contributed by atoms with E-state index in [2.05, 4.69) is 16.4 Å². The van der Waals surface area contributed by atoms with Gasteiger partial charge in [-0.1, -0.05) is 6.07 Å². The summed E-state index contributed by atoms with van der Waals surface area (Å²) in [5.41, 5.74) is 2.39. The molecule has 0 atom stereocenters. The SMILES string of the molecule is COc1cc2c(Nc3cccc4c3OCO4)c(C#N)cnc2cc1OCCCCCl.Cl. The highest BCUT2D eigenvalue weighted by atomic mass is 35.5. The number of anilines is 2. The molecule has 0 aliphatic carbocycles. The van der Waals surface area contributed by atoms with E-state index in [1.165, 1.54) is 6.20 Å². The molecule has 0 fully saturated rings. The molecule has 31 heavy (non-hydrogen) atoms. The summed E-state index contributed by atoms with van der Waals surface area (Å²) >= 11 is 5.73. The molecule has 1 N–H and O–H groups in total. The number of hydrogen-bond acceptors (Lipinski definition) is 7. The Labute approximate surface area is 191 Å². The van der Waals surface area contributed by atoms with Gasteiger partial charge in [0.05, 0.1) is 36.2 Å². The van der Waals surface area contributed by atoms with Crippen LogP contribution in [0.5, 0.6) is 23.0 Å². The first-order valence-electron chi connectivity index (χ1n) is 9.50. The van der Waals surface area contributed by atoms with Crippen LogP contribution in [0, 0.1) is 11.3 Å². The number of benzene rings is 2. The number of unbranched alkanes of at least 4 members (excludes halogenated alkanes) is 1. The van der Waals surface area contributed by atoms with Crippen molar-refractivity contribution >= 4 is 46.3 Å². The minimum Gasteiger partial charge on any atom is -0.493 e. The minimum atomic E-state index is 0. The van der Waals surface area contributed by atoms with Gasteiger partial charge in [0.2, 0.25) is 6.79 Å². The number of nitriles is 1. The van der Waals surface area contributed by atoms with Gasteiger partial charge in [-0.2, -0.15) is 5.26 Å². The van der Waals surface area contributed by atoms with E-state index in [4.69, 9.17) is 30.5 Å². The molecule has 1 aromatic heterocycles. The summed E-state index contributed by atoms with van der Waals surface area (Å²) in [4.78, 5) is 4.43. The summed E-state index contributed by atoms with van der Waals surface area (Å²) < 4.78 is 22.4. The fourth-order valence-corrected chi connectivity index (χ4v) is 3.42. The van der Waals surface area contributed by atoms with E-state index in [-0.39, 0.29) is 19.2 Å². The van der Waals surface area contributed by atoms with Gasteiger partial charge in [-0.15, -0.1) is 24.0 Å². The Kier molecular flexibility index (Phi) is 7.50. The topological polar surface area (TPSA) is 85.6 Å². The number of nitrogens with zero attached hydrogens (tertiary/aromatic N) is 2. The van der Waals surface area contributed by atoms with Crippen LogP contribution >= 0.6 is 24.0 Å². The largest absolute Gasteiger partial charge is 0.493 e. The van der Waals surface area contributed by atoms with Crippen molar-refractivity contribution in [2.24, 2.45) is 0 Å². The molecule has 4 rings (SSSR count). The smallest absolute Gasteiger partial charge is 0.231 e. The van der Waals surface area contributed by atoms with E-state index in [1.54, 1.807) is 7.11 Å². The molecule has 0 radical (unpaired) electrons. The normalized spacial score (nSPS) is 11.5. The molecule has 0 unspecified atom stereocenters. The maximum atomic E-state index is 9.64. The lowest BCUT2D eigenvalue weighted by molar-refractivity contribution is 0.174. The average molecular weight is 462 g/mol. The van der Waals surface area contributed by atoms with Crippen molar-refractivity contribution < 1.29 is 18.9 Å². The maximum Gasteiger partial charge on any atom is 0.231 e. The van der Waals surface area contributed by atoms with Crippen molar-refractivity contribution in [1.82, 2.24) is 4.98 Å². The third-order valence-electron chi connectivity index (χ3n) is 4.72. The minimum absolute atomic E-state index is 0. The number of fused-ring (bicyclic) bond motifs is 2. The predicted octanol–water partition coefficient (Wildman–Crippen LogP) is 5.41. The number of ether oxygens (including phenoxy) is 4. The first kappa shape index (κ1) is 22.6. The molecule has 3 aromatic rings. The van der Waals surface area contributed by atoms with Crippen molar-refractivity contribution in [1.29, 1.82) is 5.26 Å². The Morgan fingerprint density at radius 1 is 1.23 bits per heavy atom. The molecule has 0 saturated heterocycles. The van der Waals surface area contributed by atoms with Gasteiger partial charge in [0.15, 0.2) is 23.0 Å². The number of aromatic nitrogens is 1. The standard InChI is InChI=1S/C22H20ClN3O4.ClH/c1-27-19-9-15-17(10-20(19)28-8-3-2-7-23)25-12-14(11-24)21(15)26-16-5-4-6-18-22(16)30-13-29-18;/h4-6,9-10,12H,2-3,7-8,13H2,1H3,(H,25,26);1H. The summed E-state index contributed by atoms with van der Waals surface area (Å²) in [6.07, 6.45) is 3.26. The Hall–Kier alpha value is -3.08. The van der Waals surface area contributed by atoms with Gasteiger partial charge in [0, 0.05) is 23.5 Å². The zero-order valence-corrected chi connectivity index (χ0v) is 18.4. The number of pyridine rings is 1. The summed E-state index contributed by atoms with van der Waals surface area (Å²) in [7, 11) is 1.58. The number of nitrogens with one attached hydrogen (secondary N) is 1. The van der Waals surface area contributed by atoms with Gasteiger partial charge >= 0.3 is 0 Å². The molecule has 9 heteroatoms. The zero-order valence-electron chi connectivity index (χ0n) is 16.8. The van der Waals surface area contributed by atoms with Crippen LogP contribution in [0.3, 0.4) is 0 Å². The fourth-order valence-electron chi connectivity index (χ4n) is 3.23. The molecule has 2 aromatic carbocycles. The van der Waals surface area contributed by atoms with E-state index < -0.39 is 0 Å². The van der Waals surface area contributed by atoms with E-state index in [9.17, 15) is 5.26 Å².